The minimum absolute atomic E-state index is 0.484. The SMILES string of the molecule is CC[CH](CCC1C=Cc2ccccc21)[Zr]([Cl])([Cl])([CH2]C)[CH](CC)CCC1C=Cc2ccccc21. The molecular formula is C30H39Cl2Zr. The van der Waals surface area contributed by atoms with Crippen LogP contribution >= 0.6 is 17.0 Å². The molecule has 0 nitrogen and oxygen atoms in total. The molecule has 0 amide bonds. The maximum atomic E-state index is 7.82. The van der Waals surface area contributed by atoms with Gasteiger partial charge in [0, 0.05) is 0 Å². The van der Waals surface area contributed by atoms with Gasteiger partial charge < -0.3 is 0 Å². The van der Waals surface area contributed by atoms with Crippen LogP contribution in [0.3, 0.4) is 0 Å². The van der Waals surface area contributed by atoms with Gasteiger partial charge in [0.15, 0.2) is 0 Å². The van der Waals surface area contributed by atoms with Crippen molar-refractivity contribution in [3.05, 3.63) is 82.9 Å². The van der Waals surface area contributed by atoms with Crippen molar-refractivity contribution in [3.63, 3.8) is 0 Å². The average Bonchev–Trinajstić information content (AvgIpc) is 3.44. The molecule has 0 heterocycles. The number of rotatable bonds is 11. The second-order valence-corrected chi connectivity index (χ2v) is 34.4. The zero-order valence-corrected chi connectivity index (χ0v) is 24.4. The Bertz CT molecular complexity index is 944. The van der Waals surface area contributed by atoms with E-state index in [0.29, 0.717) is 19.1 Å². The fourth-order valence-electron chi connectivity index (χ4n) is 6.65. The third-order valence-electron chi connectivity index (χ3n) is 8.79. The minimum atomic E-state index is -4.01. The average molecular weight is 562 g/mol. The molecule has 0 saturated heterocycles. The van der Waals surface area contributed by atoms with Crippen molar-refractivity contribution in [1.82, 2.24) is 0 Å². The van der Waals surface area contributed by atoms with E-state index in [1.165, 1.54) is 22.3 Å². The van der Waals surface area contributed by atoms with Gasteiger partial charge in [-0.2, -0.15) is 0 Å². The van der Waals surface area contributed by atoms with Gasteiger partial charge in [0.1, 0.15) is 0 Å². The van der Waals surface area contributed by atoms with Crippen LogP contribution in [0.25, 0.3) is 12.2 Å². The molecule has 33 heavy (non-hydrogen) atoms. The van der Waals surface area contributed by atoms with Crippen LogP contribution in [0, 0.1) is 0 Å². The van der Waals surface area contributed by atoms with Crippen LogP contribution in [-0.2, 0) is 16.4 Å². The Labute approximate surface area is 209 Å². The van der Waals surface area contributed by atoms with Crippen molar-refractivity contribution in [3.8, 4) is 0 Å². The second kappa shape index (κ2) is 10.6. The van der Waals surface area contributed by atoms with E-state index in [1.807, 2.05) is 0 Å². The molecule has 4 unspecified atom stereocenters. The summed E-state index contributed by atoms with van der Waals surface area (Å²) in [4.78, 5) is 0. The van der Waals surface area contributed by atoms with Crippen LogP contribution in [0.15, 0.2) is 60.7 Å². The molecule has 4 rings (SSSR count). The molecule has 3 heteroatoms. The molecule has 0 N–H and O–H groups in total. The van der Waals surface area contributed by atoms with Gasteiger partial charge in [-0.3, -0.25) is 0 Å². The van der Waals surface area contributed by atoms with Crippen LogP contribution < -0.4 is 0 Å². The Morgan fingerprint density at radius 3 is 1.52 bits per heavy atom. The van der Waals surface area contributed by atoms with E-state index >= 15 is 0 Å². The molecule has 2 aliphatic rings. The Kier molecular flexibility index (Phi) is 8.15. The van der Waals surface area contributed by atoms with Gasteiger partial charge in [0.05, 0.1) is 0 Å². The van der Waals surface area contributed by atoms with E-state index in [4.69, 9.17) is 17.0 Å². The van der Waals surface area contributed by atoms with E-state index in [-0.39, 0.29) is 0 Å². The number of halogens is 2. The maximum absolute atomic E-state index is 7.82. The first-order chi connectivity index (χ1) is 15.9. The molecule has 0 bridgehead atoms. The zero-order valence-electron chi connectivity index (χ0n) is 20.4. The van der Waals surface area contributed by atoms with E-state index in [2.05, 4.69) is 93.6 Å². The molecule has 177 valence electrons. The molecule has 0 aliphatic heterocycles. The Hall–Kier alpha value is -0.617. The monoisotopic (exact) mass is 559 g/mol. The molecule has 2 aliphatic carbocycles. The van der Waals surface area contributed by atoms with Crippen molar-refractivity contribution in [2.24, 2.45) is 0 Å². The summed E-state index contributed by atoms with van der Waals surface area (Å²) >= 11 is -4.01. The third-order valence-corrected chi connectivity index (χ3v) is 34.2. The molecule has 2 aromatic rings. The summed E-state index contributed by atoms with van der Waals surface area (Å²) in [6.45, 7) is 6.92. The quantitative estimate of drug-likeness (QED) is 0.256. The van der Waals surface area contributed by atoms with E-state index in [1.54, 1.807) is 0 Å². The van der Waals surface area contributed by atoms with Crippen molar-refractivity contribution >= 4 is 29.2 Å². The second-order valence-electron chi connectivity index (χ2n) is 10.3. The van der Waals surface area contributed by atoms with Crippen molar-refractivity contribution in [2.45, 2.75) is 82.5 Å². The van der Waals surface area contributed by atoms with Gasteiger partial charge in [-0.25, -0.2) is 0 Å². The molecule has 0 saturated carbocycles. The molecule has 0 radical (unpaired) electrons. The summed E-state index contributed by atoms with van der Waals surface area (Å²) in [6, 6.07) is 17.6. The Morgan fingerprint density at radius 1 is 0.697 bits per heavy atom. The van der Waals surface area contributed by atoms with Gasteiger partial charge in [0.2, 0.25) is 0 Å². The predicted octanol–water partition coefficient (Wildman–Crippen LogP) is 11.0. The van der Waals surface area contributed by atoms with Gasteiger partial charge in [-0.1, -0.05) is 0 Å². The third kappa shape index (κ3) is 5.03. The fourth-order valence-corrected chi connectivity index (χ4v) is 25.2. The Balaban J connectivity index is 1.47. The summed E-state index contributed by atoms with van der Waals surface area (Å²) in [7, 11) is 15.6. The normalized spacial score (nSPS) is 21.9. The van der Waals surface area contributed by atoms with E-state index in [9.17, 15) is 0 Å². The fraction of sp³-hybridized carbons (Fsp3) is 0.467. The number of hydrogen-bond acceptors (Lipinski definition) is 0. The van der Waals surface area contributed by atoms with E-state index in [0.717, 1.165) is 42.7 Å². The summed E-state index contributed by atoms with van der Waals surface area (Å²) in [5.41, 5.74) is 5.70. The molecular weight excluding hydrogens is 522 g/mol. The first kappa shape index (κ1) is 25.5. The summed E-state index contributed by atoms with van der Waals surface area (Å²) in [6.07, 6.45) is 16.2. The Morgan fingerprint density at radius 2 is 1.12 bits per heavy atom. The van der Waals surface area contributed by atoms with Crippen LogP contribution in [0.2, 0.25) is 11.4 Å². The van der Waals surface area contributed by atoms with E-state index < -0.39 is 16.4 Å². The van der Waals surface area contributed by atoms with Crippen LogP contribution in [0.5, 0.6) is 0 Å². The number of hydrogen-bond donors (Lipinski definition) is 0. The topological polar surface area (TPSA) is 0 Å². The summed E-state index contributed by atoms with van der Waals surface area (Å²) in [5, 5.41) is 0. The van der Waals surface area contributed by atoms with Crippen molar-refractivity contribution in [1.29, 1.82) is 0 Å². The summed E-state index contributed by atoms with van der Waals surface area (Å²) < 4.78 is 1.96. The van der Waals surface area contributed by atoms with Crippen molar-refractivity contribution < 1.29 is 16.4 Å². The number of benzene rings is 2. The first-order valence-electron chi connectivity index (χ1n) is 13.0. The standard InChI is InChI=1S/2C14H17.C2H5.2ClH.Zr/c2*1-2-3-4-7-12-10-11-13-8-5-6-9-14(12)13;1-2;;;/h2*3,5-6,8-12H,2,4,7H2,1H3;1H2,2H3;2*1H;/q;;;;;+2/p-2. The molecule has 4 atom stereocenters. The summed E-state index contributed by atoms with van der Waals surface area (Å²) in [5.74, 6) is 1.03. The van der Waals surface area contributed by atoms with Crippen LogP contribution in [0.4, 0.5) is 0 Å². The van der Waals surface area contributed by atoms with Gasteiger partial charge in [0.25, 0.3) is 0 Å². The van der Waals surface area contributed by atoms with Crippen LogP contribution in [-0.4, -0.2) is 0 Å². The molecule has 0 fully saturated rings. The number of fused-ring (bicyclic) bond motifs is 2. The zero-order chi connectivity index (χ0) is 23.5. The van der Waals surface area contributed by atoms with Gasteiger partial charge in [-0.15, -0.1) is 0 Å². The van der Waals surface area contributed by atoms with Crippen LogP contribution in [0.1, 0.15) is 93.4 Å². The predicted molar refractivity (Wildman–Crippen MR) is 145 cm³/mol. The van der Waals surface area contributed by atoms with Gasteiger partial charge in [-0.05, 0) is 0 Å². The molecule has 2 aromatic carbocycles. The molecule has 0 aromatic heterocycles. The number of allylic oxidation sites excluding steroid dienone is 2. The van der Waals surface area contributed by atoms with Crippen molar-refractivity contribution in [2.75, 3.05) is 0 Å². The molecule has 0 spiro atoms. The first-order valence-corrected chi connectivity index (χ1v) is 23.9. The van der Waals surface area contributed by atoms with Gasteiger partial charge >= 0.3 is 211 Å².